The molecule has 2 rings (SSSR count). The number of aliphatic hydroxyl groups is 1. The lowest BCUT2D eigenvalue weighted by Crippen LogP contribution is -2.66. The third-order valence-corrected chi connectivity index (χ3v) is 9.08. The molecule has 2 saturated heterocycles. The van der Waals surface area contributed by atoms with Crippen LogP contribution in [0.2, 0.25) is 0 Å². The molecule has 306 valence electrons. The second kappa shape index (κ2) is 25.3. The SMILES string of the molecule is CCCCCCCCCCCCCCCCOC1OC(COC(C)=O)C(O)C(OC(C)=O)C1OC1OC(C)C(OC(C)=O)C(OC(C)=O)C1OC(C)=O. The fourth-order valence-electron chi connectivity index (χ4n) is 6.56. The van der Waals surface area contributed by atoms with Crippen LogP contribution in [0.1, 0.15) is 138 Å². The van der Waals surface area contributed by atoms with E-state index in [4.69, 9.17) is 42.6 Å². The van der Waals surface area contributed by atoms with Crippen LogP contribution in [-0.4, -0.2) is 110 Å². The van der Waals surface area contributed by atoms with Crippen LogP contribution in [0, 0.1) is 0 Å². The van der Waals surface area contributed by atoms with Crippen molar-refractivity contribution < 1.29 is 71.7 Å². The van der Waals surface area contributed by atoms with Gasteiger partial charge in [0.15, 0.2) is 43.1 Å². The lowest BCUT2D eigenvalue weighted by atomic mass is 9.96. The van der Waals surface area contributed by atoms with Crippen LogP contribution >= 0.6 is 0 Å². The maximum atomic E-state index is 12.3. The van der Waals surface area contributed by atoms with Gasteiger partial charge < -0.3 is 47.7 Å². The van der Waals surface area contributed by atoms with E-state index >= 15 is 0 Å². The molecule has 0 spiro atoms. The summed E-state index contributed by atoms with van der Waals surface area (Å²) in [6.07, 6.45) is 3.24. The van der Waals surface area contributed by atoms with Gasteiger partial charge in [0.1, 0.15) is 18.8 Å². The highest BCUT2D eigenvalue weighted by Gasteiger charge is 2.55. The third-order valence-electron chi connectivity index (χ3n) is 9.08. The molecule has 1 N–H and O–H groups in total. The van der Waals surface area contributed by atoms with E-state index in [0.717, 1.165) is 47.0 Å². The topological polar surface area (TPSA) is 189 Å². The molecule has 0 aromatic rings. The van der Waals surface area contributed by atoms with Crippen LogP contribution < -0.4 is 0 Å². The summed E-state index contributed by atoms with van der Waals surface area (Å²) in [5.41, 5.74) is 0. The zero-order valence-electron chi connectivity index (χ0n) is 32.7. The maximum Gasteiger partial charge on any atom is 0.303 e. The molecule has 0 bridgehead atoms. The van der Waals surface area contributed by atoms with E-state index in [-0.39, 0.29) is 13.2 Å². The van der Waals surface area contributed by atoms with Gasteiger partial charge in [0, 0.05) is 41.2 Å². The molecule has 2 aliphatic rings. The number of rotatable bonds is 24. The molecular weight excluding hydrogens is 696 g/mol. The first-order valence-corrected chi connectivity index (χ1v) is 19.3. The van der Waals surface area contributed by atoms with Crippen molar-refractivity contribution in [2.75, 3.05) is 13.2 Å². The van der Waals surface area contributed by atoms with Crippen LogP contribution in [0.4, 0.5) is 0 Å². The molecule has 10 atom stereocenters. The second-order valence-electron chi connectivity index (χ2n) is 13.9. The van der Waals surface area contributed by atoms with Crippen LogP contribution in [0.5, 0.6) is 0 Å². The van der Waals surface area contributed by atoms with Gasteiger partial charge in [-0.1, -0.05) is 90.4 Å². The minimum atomic E-state index is -1.56. The predicted octanol–water partition coefficient (Wildman–Crippen LogP) is 4.99. The molecule has 0 radical (unpaired) electrons. The predicted molar refractivity (Wildman–Crippen MR) is 189 cm³/mol. The number of hydrogen-bond acceptors (Lipinski definition) is 15. The fraction of sp³-hybridized carbons (Fsp3) is 0.868. The maximum absolute atomic E-state index is 12.3. The Kier molecular flexibility index (Phi) is 22.1. The summed E-state index contributed by atoms with van der Waals surface area (Å²) >= 11 is 0. The monoisotopic (exact) mass is 760 g/mol. The molecule has 0 aromatic heterocycles. The highest BCUT2D eigenvalue weighted by Crippen LogP contribution is 2.34. The van der Waals surface area contributed by atoms with Crippen molar-refractivity contribution in [1.82, 2.24) is 0 Å². The van der Waals surface area contributed by atoms with Crippen molar-refractivity contribution >= 4 is 29.8 Å². The number of hydrogen-bond donors (Lipinski definition) is 1. The van der Waals surface area contributed by atoms with Crippen molar-refractivity contribution in [1.29, 1.82) is 0 Å². The smallest absolute Gasteiger partial charge is 0.303 e. The fourth-order valence-corrected chi connectivity index (χ4v) is 6.56. The van der Waals surface area contributed by atoms with Crippen LogP contribution in [0.3, 0.4) is 0 Å². The molecule has 10 unspecified atom stereocenters. The Hall–Kier alpha value is -2.85. The average Bonchev–Trinajstić information content (AvgIpc) is 3.07. The third kappa shape index (κ3) is 17.4. The number of carbonyl (C=O) groups excluding carboxylic acids is 5. The molecule has 0 saturated carbocycles. The lowest BCUT2D eigenvalue weighted by molar-refractivity contribution is -0.365. The number of aliphatic hydroxyl groups excluding tert-OH is 1. The molecule has 0 aliphatic carbocycles. The Labute approximate surface area is 314 Å². The number of unbranched alkanes of at least 4 members (excludes halogenated alkanes) is 13. The summed E-state index contributed by atoms with van der Waals surface area (Å²) in [6.45, 7) is 9.39. The average molecular weight is 761 g/mol. The summed E-state index contributed by atoms with van der Waals surface area (Å²) in [5.74, 6) is -3.62. The van der Waals surface area contributed by atoms with Crippen molar-refractivity contribution in [2.24, 2.45) is 0 Å². The quantitative estimate of drug-likeness (QED) is 0.0787. The van der Waals surface area contributed by atoms with E-state index in [1.165, 1.54) is 71.1 Å². The van der Waals surface area contributed by atoms with E-state index in [2.05, 4.69) is 6.92 Å². The Balaban J connectivity index is 2.16. The normalized spacial score (nSPS) is 28.5. The zero-order chi connectivity index (χ0) is 39.3. The largest absolute Gasteiger partial charge is 0.463 e. The first-order valence-electron chi connectivity index (χ1n) is 19.3. The van der Waals surface area contributed by atoms with E-state index < -0.39 is 91.3 Å². The van der Waals surface area contributed by atoms with Crippen LogP contribution in [0.15, 0.2) is 0 Å². The van der Waals surface area contributed by atoms with Gasteiger partial charge in [0.2, 0.25) is 0 Å². The van der Waals surface area contributed by atoms with Crippen molar-refractivity contribution in [2.45, 2.75) is 200 Å². The Morgan fingerprint density at radius 2 is 0.981 bits per heavy atom. The van der Waals surface area contributed by atoms with Crippen LogP contribution in [0.25, 0.3) is 0 Å². The molecule has 2 heterocycles. The van der Waals surface area contributed by atoms with E-state index in [9.17, 15) is 29.1 Å². The standard InChI is InChI=1S/C38H64O15/c1-8-9-10-11-12-13-14-15-16-17-18-19-20-21-22-45-37-35(33(49-27(5)41)31(44)30(52-37)23-46-25(3)39)53-38-36(51-29(7)43)34(50-28(6)42)32(24(2)47-38)48-26(4)40/h24,30-38,44H,8-23H2,1-7H3. The van der Waals surface area contributed by atoms with E-state index in [1.807, 2.05) is 0 Å². The zero-order valence-corrected chi connectivity index (χ0v) is 32.7. The highest BCUT2D eigenvalue weighted by atomic mass is 16.8. The van der Waals surface area contributed by atoms with Gasteiger partial charge in [-0.25, -0.2) is 0 Å². The molecule has 2 aliphatic heterocycles. The van der Waals surface area contributed by atoms with Gasteiger partial charge in [-0.3, -0.25) is 24.0 Å². The minimum Gasteiger partial charge on any atom is -0.463 e. The van der Waals surface area contributed by atoms with Gasteiger partial charge in [-0.05, 0) is 13.3 Å². The number of ether oxygens (including phenoxy) is 9. The molecular formula is C38H64O15. The van der Waals surface area contributed by atoms with Crippen molar-refractivity contribution in [3.05, 3.63) is 0 Å². The first kappa shape index (κ1) is 46.3. The summed E-state index contributed by atoms with van der Waals surface area (Å²) in [6, 6.07) is 0. The van der Waals surface area contributed by atoms with Crippen LogP contribution in [-0.2, 0) is 66.6 Å². The molecule has 2 fully saturated rings. The van der Waals surface area contributed by atoms with Gasteiger partial charge >= 0.3 is 29.8 Å². The van der Waals surface area contributed by atoms with Gasteiger partial charge in [0.05, 0.1) is 6.10 Å². The number of carbonyl (C=O) groups is 5. The van der Waals surface area contributed by atoms with Gasteiger partial charge in [-0.15, -0.1) is 0 Å². The summed E-state index contributed by atoms with van der Waals surface area (Å²) in [5, 5.41) is 11.3. The Bertz CT molecular complexity index is 1120. The van der Waals surface area contributed by atoms with E-state index in [1.54, 1.807) is 6.92 Å². The Morgan fingerprint density at radius 3 is 1.47 bits per heavy atom. The molecule has 0 amide bonds. The molecule has 0 aromatic carbocycles. The van der Waals surface area contributed by atoms with E-state index in [0.29, 0.717) is 6.42 Å². The second-order valence-corrected chi connectivity index (χ2v) is 13.9. The molecule has 15 nitrogen and oxygen atoms in total. The van der Waals surface area contributed by atoms with Gasteiger partial charge in [0.25, 0.3) is 0 Å². The molecule has 15 heteroatoms. The highest BCUT2D eigenvalue weighted by molar-refractivity contribution is 5.68. The van der Waals surface area contributed by atoms with Crippen molar-refractivity contribution in [3.63, 3.8) is 0 Å². The summed E-state index contributed by atoms with van der Waals surface area (Å²) < 4.78 is 51.5. The molecule has 53 heavy (non-hydrogen) atoms. The van der Waals surface area contributed by atoms with Crippen molar-refractivity contribution in [3.8, 4) is 0 Å². The Morgan fingerprint density at radius 1 is 0.528 bits per heavy atom. The lowest BCUT2D eigenvalue weighted by Gasteiger charge is -2.48. The first-order chi connectivity index (χ1) is 25.2. The number of esters is 5. The summed E-state index contributed by atoms with van der Waals surface area (Å²) in [4.78, 5) is 60.3. The van der Waals surface area contributed by atoms with Gasteiger partial charge in [-0.2, -0.15) is 0 Å². The minimum absolute atomic E-state index is 0.214. The summed E-state index contributed by atoms with van der Waals surface area (Å²) in [7, 11) is 0.